The maximum Gasteiger partial charge on any atom is 0.408 e. The Morgan fingerprint density at radius 2 is 2.12 bits per heavy atom. The van der Waals surface area contributed by atoms with Crippen molar-refractivity contribution >= 4 is 12.0 Å². The van der Waals surface area contributed by atoms with Crippen LogP contribution in [0.4, 0.5) is 19.5 Å². The third kappa shape index (κ3) is 2.75. The predicted molar refractivity (Wildman–Crippen MR) is 108 cm³/mol. The van der Waals surface area contributed by atoms with E-state index in [-0.39, 0.29) is 37.1 Å². The lowest BCUT2D eigenvalue weighted by Crippen LogP contribution is -2.59. The number of amides is 1. The number of hydrogen-bond donors (Lipinski definition) is 2. The summed E-state index contributed by atoms with van der Waals surface area (Å²) in [6.45, 7) is 2.94. The Morgan fingerprint density at radius 1 is 1.28 bits per heavy atom. The van der Waals surface area contributed by atoms with Crippen LogP contribution in [0.5, 0.6) is 0 Å². The molecule has 2 aromatic rings. The lowest BCUT2D eigenvalue weighted by Gasteiger charge is -2.43. The molecule has 3 aliphatic heterocycles. The number of ether oxygens (including phenoxy) is 2. The number of cyclic esters (lactones) is 1. The van der Waals surface area contributed by atoms with Crippen LogP contribution >= 0.6 is 0 Å². The van der Waals surface area contributed by atoms with Crippen molar-refractivity contribution in [2.45, 2.75) is 50.0 Å². The van der Waals surface area contributed by atoms with Gasteiger partial charge in [-0.05, 0) is 30.5 Å². The molecule has 6 rings (SSSR count). The third-order valence-corrected chi connectivity index (χ3v) is 7.01. The Kier molecular flexibility index (Phi) is 4.07. The molecule has 1 amide bonds. The fourth-order valence-electron chi connectivity index (χ4n) is 5.05. The summed E-state index contributed by atoms with van der Waals surface area (Å²) in [5.41, 5.74) is 2.41. The molecule has 4 heterocycles. The number of halogens is 2. The molecule has 32 heavy (non-hydrogen) atoms. The molecule has 1 spiro atoms. The van der Waals surface area contributed by atoms with Crippen molar-refractivity contribution in [1.29, 1.82) is 0 Å². The van der Waals surface area contributed by atoms with Crippen LogP contribution in [0.15, 0.2) is 18.2 Å². The second-order valence-corrected chi connectivity index (χ2v) is 9.01. The summed E-state index contributed by atoms with van der Waals surface area (Å²) in [6, 6.07) is 5.38. The van der Waals surface area contributed by atoms with Gasteiger partial charge in [0, 0.05) is 24.1 Å². The molecule has 0 bridgehead atoms. The summed E-state index contributed by atoms with van der Waals surface area (Å²) in [4.78, 5) is 22.3. The third-order valence-electron chi connectivity index (χ3n) is 7.01. The van der Waals surface area contributed by atoms with Crippen LogP contribution in [-0.4, -0.2) is 53.1 Å². The SMILES string of the molecule is C[C@H]1[C@H](O)CN1c1nc(-c2ccc3c(c2)COC[C@]32COC(=O)N2)c2c(n1)C(F)(F)CC2. The number of carbonyl (C=O) groups excluding carboxylic acids is 1. The van der Waals surface area contributed by atoms with Crippen LogP contribution in [0.2, 0.25) is 0 Å². The van der Waals surface area contributed by atoms with E-state index in [1.165, 1.54) is 0 Å². The molecule has 2 fully saturated rings. The first-order chi connectivity index (χ1) is 15.3. The Bertz CT molecular complexity index is 1140. The number of nitrogens with one attached hydrogen (secondary N) is 1. The number of hydrogen-bond acceptors (Lipinski definition) is 7. The van der Waals surface area contributed by atoms with E-state index in [4.69, 9.17) is 9.47 Å². The normalized spacial score (nSPS) is 29.9. The van der Waals surface area contributed by atoms with Gasteiger partial charge >= 0.3 is 6.09 Å². The van der Waals surface area contributed by atoms with Gasteiger partial charge in [0.1, 0.15) is 17.8 Å². The number of alkyl halides is 2. The number of β-amino-alcohol motifs (C(OH)–C–C–N with tert-alkyl or cyclic N) is 1. The highest BCUT2D eigenvalue weighted by Crippen LogP contribution is 2.45. The molecule has 0 radical (unpaired) electrons. The Labute approximate surface area is 182 Å². The van der Waals surface area contributed by atoms with Crippen LogP contribution < -0.4 is 10.2 Å². The summed E-state index contributed by atoms with van der Waals surface area (Å²) in [5, 5.41) is 12.7. The monoisotopic (exact) mass is 444 g/mol. The van der Waals surface area contributed by atoms with E-state index in [9.17, 15) is 18.7 Å². The van der Waals surface area contributed by atoms with Gasteiger partial charge in [-0.2, -0.15) is 8.78 Å². The lowest BCUT2D eigenvalue weighted by atomic mass is 9.85. The van der Waals surface area contributed by atoms with Crippen LogP contribution in [0.3, 0.4) is 0 Å². The smallest absolute Gasteiger partial charge is 0.408 e. The highest BCUT2D eigenvalue weighted by molar-refractivity contribution is 5.73. The second kappa shape index (κ2) is 6.58. The van der Waals surface area contributed by atoms with Crippen molar-refractivity contribution in [2.75, 3.05) is 24.7 Å². The molecule has 1 aliphatic carbocycles. The lowest BCUT2D eigenvalue weighted by molar-refractivity contribution is -0.00603. The van der Waals surface area contributed by atoms with Crippen molar-refractivity contribution in [1.82, 2.24) is 15.3 Å². The molecule has 0 unspecified atom stereocenters. The first-order valence-corrected chi connectivity index (χ1v) is 10.7. The molecule has 10 heteroatoms. The minimum Gasteiger partial charge on any atom is -0.447 e. The molecular weight excluding hydrogens is 422 g/mol. The summed E-state index contributed by atoms with van der Waals surface area (Å²) >= 11 is 0. The summed E-state index contributed by atoms with van der Waals surface area (Å²) < 4.78 is 40.2. The van der Waals surface area contributed by atoms with E-state index in [1.54, 1.807) is 4.90 Å². The number of aromatic nitrogens is 2. The van der Waals surface area contributed by atoms with Gasteiger partial charge < -0.3 is 24.8 Å². The molecule has 1 aromatic carbocycles. The second-order valence-electron chi connectivity index (χ2n) is 9.01. The number of anilines is 1. The highest BCUT2D eigenvalue weighted by atomic mass is 19.3. The molecule has 0 saturated carbocycles. The summed E-state index contributed by atoms with van der Waals surface area (Å²) in [7, 11) is 0. The fraction of sp³-hybridized carbons (Fsp3) is 0.500. The van der Waals surface area contributed by atoms with Gasteiger partial charge in [-0.15, -0.1) is 0 Å². The quantitative estimate of drug-likeness (QED) is 0.733. The number of aliphatic hydroxyl groups excluding tert-OH is 1. The molecule has 3 atom stereocenters. The average Bonchev–Trinajstić information content (AvgIpc) is 3.30. The van der Waals surface area contributed by atoms with Crippen molar-refractivity contribution in [2.24, 2.45) is 0 Å². The first-order valence-electron chi connectivity index (χ1n) is 10.7. The number of benzene rings is 1. The zero-order valence-electron chi connectivity index (χ0n) is 17.4. The molecular formula is C22H22F2N4O4. The average molecular weight is 444 g/mol. The number of nitrogens with zero attached hydrogens (tertiary/aromatic N) is 3. The Balaban J connectivity index is 1.46. The molecule has 168 valence electrons. The van der Waals surface area contributed by atoms with Crippen LogP contribution in [-0.2, 0) is 34.0 Å². The van der Waals surface area contributed by atoms with E-state index in [0.717, 1.165) is 11.1 Å². The number of rotatable bonds is 2. The van der Waals surface area contributed by atoms with Crippen LogP contribution in [0.1, 0.15) is 35.7 Å². The molecule has 1 aromatic heterocycles. The number of fused-ring (bicyclic) bond motifs is 3. The molecule has 8 nitrogen and oxygen atoms in total. The standard InChI is InChI=1S/C22H22F2N4O4/c1-11-16(29)7-28(11)19-25-17(14-4-5-22(23,24)18(14)26-19)12-2-3-15-13(6-12)8-31-9-21(15)10-32-20(30)27-21/h2-3,6,11,16,29H,4-5,7-10H2,1H3,(H,27,30)/t11-,16+,21-/m0/s1. The maximum absolute atomic E-state index is 14.7. The number of carbonyl (C=O) groups is 1. The predicted octanol–water partition coefficient (Wildman–Crippen LogP) is 2.22. The van der Waals surface area contributed by atoms with E-state index in [2.05, 4.69) is 15.3 Å². The summed E-state index contributed by atoms with van der Waals surface area (Å²) in [6.07, 6.45) is -1.13. The van der Waals surface area contributed by atoms with Gasteiger partial charge in [-0.1, -0.05) is 12.1 Å². The molecule has 2 saturated heterocycles. The zero-order valence-corrected chi connectivity index (χ0v) is 17.4. The van der Waals surface area contributed by atoms with Crippen LogP contribution in [0, 0.1) is 0 Å². The molecule has 4 aliphatic rings. The van der Waals surface area contributed by atoms with Crippen molar-refractivity contribution in [3.63, 3.8) is 0 Å². The van der Waals surface area contributed by atoms with E-state index < -0.39 is 23.7 Å². The van der Waals surface area contributed by atoms with E-state index in [1.807, 2.05) is 25.1 Å². The number of aliphatic hydroxyl groups is 1. The highest BCUT2D eigenvalue weighted by Gasteiger charge is 2.47. The summed E-state index contributed by atoms with van der Waals surface area (Å²) in [5.74, 6) is -2.80. The van der Waals surface area contributed by atoms with Gasteiger partial charge in [0.25, 0.3) is 5.92 Å². The van der Waals surface area contributed by atoms with Gasteiger partial charge in [0.05, 0.1) is 31.1 Å². The fourth-order valence-corrected chi connectivity index (χ4v) is 5.05. The maximum atomic E-state index is 14.7. The minimum atomic E-state index is -3.01. The first kappa shape index (κ1) is 19.8. The van der Waals surface area contributed by atoms with Crippen molar-refractivity contribution in [3.05, 3.63) is 40.6 Å². The van der Waals surface area contributed by atoms with Gasteiger partial charge in [0.15, 0.2) is 0 Å². The topological polar surface area (TPSA) is 96.8 Å². The van der Waals surface area contributed by atoms with E-state index in [0.29, 0.717) is 36.6 Å². The molecule has 2 N–H and O–H groups in total. The van der Waals surface area contributed by atoms with Gasteiger partial charge in [-0.3, -0.25) is 0 Å². The largest absolute Gasteiger partial charge is 0.447 e. The number of alkyl carbamates (subject to hydrolysis) is 1. The van der Waals surface area contributed by atoms with Gasteiger partial charge in [-0.25, -0.2) is 14.8 Å². The van der Waals surface area contributed by atoms with Crippen LogP contribution in [0.25, 0.3) is 11.3 Å². The minimum absolute atomic E-state index is 0.173. The Hall–Kier alpha value is -2.85. The van der Waals surface area contributed by atoms with Gasteiger partial charge in [0.2, 0.25) is 5.95 Å². The zero-order chi connectivity index (χ0) is 22.3. The van der Waals surface area contributed by atoms with Crippen molar-refractivity contribution < 1.29 is 28.2 Å². The van der Waals surface area contributed by atoms with Crippen molar-refractivity contribution in [3.8, 4) is 11.3 Å². The van der Waals surface area contributed by atoms with E-state index >= 15 is 0 Å². The Morgan fingerprint density at radius 3 is 2.84 bits per heavy atom.